The highest BCUT2D eigenvalue weighted by Crippen LogP contribution is 2.39. The van der Waals surface area contributed by atoms with Crippen LogP contribution >= 0.6 is 34.8 Å². The summed E-state index contributed by atoms with van der Waals surface area (Å²) >= 11 is 18.1. The van der Waals surface area contributed by atoms with Gasteiger partial charge in [-0.05, 0) is 23.3 Å². The Labute approximate surface area is 360 Å². The van der Waals surface area contributed by atoms with Gasteiger partial charge in [-0.3, -0.25) is 4.79 Å². The molecule has 0 spiro atoms. The molecule has 318 valence electrons. The molecule has 60 heavy (non-hydrogen) atoms. The molecule has 3 aliphatic rings. The molecule has 3 heterocycles. The molecule has 0 aromatic heterocycles. The zero-order valence-corrected chi connectivity index (χ0v) is 34.3. The highest BCUT2D eigenvalue weighted by molar-refractivity contribution is 6.76. The molecule has 17 heteroatoms. The van der Waals surface area contributed by atoms with Crippen LogP contribution in [0.4, 0.5) is 0 Å². The topological polar surface area (TPSA) is 167 Å². The summed E-state index contributed by atoms with van der Waals surface area (Å²) in [6.45, 7) is -0.267. The quantitative estimate of drug-likeness (QED) is 0.131. The molecule has 3 saturated heterocycles. The molecule has 0 saturated carbocycles. The van der Waals surface area contributed by atoms with Gasteiger partial charge in [-0.1, -0.05) is 144 Å². The standard InChI is InChI=1S/C43H42Cl3NO13/c1-52-40-30(47-42(51)43(44,45)46)33(32-29(56-40)24-55-39(58-32)28-20-12-5-13-21-28)59-41-36(57-37(49)27-18-10-4-11-19-27)34(53-22-25-14-6-2-7-15-25)31(48)35(60-41)38(50)54-23-26-16-8-3-9-17-26/h2-21,29-36,39-41,48H,22-24H2,1H3,(H,47,51)/t29-,30-,31+,32-,33-,34+,35+,36-,39-,40-,41-/m1/s1. The third-order valence-corrected chi connectivity index (χ3v) is 10.5. The molecule has 3 aliphatic heterocycles. The van der Waals surface area contributed by atoms with Crippen molar-refractivity contribution in [2.75, 3.05) is 13.7 Å². The number of nitrogens with one attached hydrogen (secondary N) is 1. The molecule has 0 bridgehead atoms. The molecule has 2 N–H and O–H groups in total. The average Bonchev–Trinajstić information content (AvgIpc) is 3.27. The lowest BCUT2D eigenvalue weighted by Crippen LogP contribution is -2.70. The molecule has 11 atom stereocenters. The Morgan fingerprint density at radius 2 is 1.35 bits per heavy atom. The average molecular weight is 887 g/mol. The van der Waals surface area contributed by atoms with E-state index in [-0.39, 0.29) is 25.4 Å². The highest BCUT2D eigenvalue weighted by atomic mass is 35.6. The Bertz CT molecular complexity index is 2010. The Hall–Kier alpha value is -4.16. The van der Waals surface area contributed by atoms with Crippen LogP contribution in [0.5, 0.6) is 0 Å². The molecule has 14 nitrogen and oxygen atoms in total. The maximum absolute atomic E-state index is 13.9. The van der Waals surface area contributed by atoms with Gasteiger partial charge in [-0.2, -0.15) is 0 Å². The van der Waals surface area contributed by atoms with Crippen LogP contribution in [0.25, 0.3) is 0 Å². The third-order valence-electron chi connectivity index (χ3n) is 10.0. The van der Waals surface area contributed by atoms with E-state index in [0.29, 0.717) is 16.7 Å². The summed E-state index contributed by atoms with van der Waals surface area (Å²) in [6, 6.07) is 33.8. The van der Waals surface area contributed by atoms with E-state index in [4.69, 9.17) is 77.4 Å². The van der Waals surface area contributed by atoms with Crippen molar-refractivity contribution in [3.05, 3.63) is 144 Å². The summed E-state index contributed by atoms with van der Waals surface area (Å²) in [5.74, 6) is -2.84. The number of hydrogen-bond acceptors (Lipinski definition) is 13. The van der Waals surface area contributed by atoms with E-state index in [1.807, 2.05) is 30.3 Å². The summed E-state index contributed by atoms with van der Waals surface area (Å²) in [7, 11) is 1.33. The SMILES string of the molecule is CO[C@@H]1O[C@@H]2CO[C@@H](c3ccccc3)O[C@H]2[C@H](O[C@@H]2O[C@H](C(=O)OCc3ccccc3)[C@@H](O)[C@H](OCc3ccccc3)[C@H]2OC(=O)c2ccccc2)[C@H]1NC(=O)C(Cl)(Cl)Cl. The number of halogens is 3. The number of amides is 1. The Morgan fingerprint density at radius 1 is 0.750 bits per heavy atom. The van der Waals surface area contributed by atoms with Gasteiger partial charge in [-0.25, -0.2) is 9.59 Å². The number of esters is 2. The fraction of sp³-hybridized carbons (Fsp3) is 0.372. The Kier molecular flexibility index (Phi) is 14.7. The molecule has 3 fully saturated rings. The Balaban J connectivity index is 1.28. The summed E-state index contributed by atoms with van der Waals surface area (Å²) in [5.41, 5.74) is 2.20. The molecule has 4 aromatic carbocycles. The molecule has 4 aromatic rings. The normalized spacial score (nSPS) is 29.1. The first kappa shape index (κ1) is 43.9. The van der Waals surface area contributed by atoms with Crippen molar-refractivity contribution < 1.29 is 62.1 Å². The van der Waals surface area contributed by atoms with Gasteiger partial charge in [0.2, 0.25) is 0 Å². The lowest BCUT2D eigenvalue weighted by atomic mass is 9.94. The van der Waals surface area contributed by atoms with Gasteiger partial charge in [0.15, 0.2) is 31.1 Å². The zero-order chi connectivity index (χ0) is 42.2. The number of hydrogen-bond donors (Lipinski definition) is 2. The summed E-state index contributed by atoms with van der Waals surface area (Å²) in [4.78, 5) is 41.1. The smallest absolute Gasteiger partial charge is 0.338 e. The number of methoxy groups -OCH3 is 1. The molecule has 0 aliphatic carbocycles. The van der Waals surface area contributed by atoms with Crippen LogP contribution < -0.4 is 5.32 Å². The van der Waals surface area contributed by atoms with E-state index in [0.717, 1.165) is 0 Å². The molecule has 0 radical (unpaired) electrons. The van der Waals surface area contributed by atoms with Crippen LogP contribution in [0.15, 0.2) is 121 Å². The first-order valence-corrected chi connectivity index (χ1v) is 20.1. The van der Waals surface area contributed by atoms with Crippen LogP contribution in [0, 0.1) is 0 Å². The summed E-state index contributed by atoms with van der Waals surface area (Å²) in [5, 5.41) is 14.6. The van der Waals surface area contributed by atoms with E-state index in [1.165, 1.54) is 19.2 Å². The number of aliphatic hydroxyl groups is 1. The van der Waals surface area contributed by atoms with Gasteiger partial charge < -0.3 is 53.1 Å². The zero-order valence-electron chi connectivity index (χ0n) is 32.0. The first-order chi connectivity index (χ1) is 29.0. The number of ether oxygens (including phenoxy) is 9. The maximum Gasteiger partial charge on any atom is 0.338 e. The van der Waals surface area contributed by atoms with Crippen molar-refractivity contribution in [1.82, 2.24) is 5.32 Å². The monoisotopic (exact) mass is 885 g/mol. The number of fused-ring (bicyclic) bond motifs is 1. The van der Waals surface area contributed by atoms with Crippen LogP contribution in [-0.4, -0.2) is 102 Å². The van der Waals surface area contributed by atoms with Crippen LogP contribution in [0.2, 0.25) is 0 Å². The van der Waals surface area contributed by atoms with Gasteiger partial charge in [0.1, 0.15) is 43.2 Å². The summed E-state index contributed by atoms with van der Waals surface area (Å²) in [6.07, 6.45) is -13.8. The van der Waals surface area contributed by atoms with Crippen LogP contribution in [0.3, 0.4) is 0 Å². The second-order valence-corrected chi connectivity index (χ2v) is 16.3. The number of benzene rings is 4. The molecular formula is C43H42Cl3NO13. The lowest BCUT2D eigenvalue weighted by molar-refractivity contribution is -0.375. The van der Waals surface area contributed by atoms with E-state index in [9.17, 15) is 19.5 Å². The van der Waals surface area contributed by atoms with Gasteiger partial charge in [-0.15, -0.1) is 0 Å². The molecule has 0 unspecified atom stereocenters. The van der Waals surface area contributed by atoms with Gasteiger partial charge in [0.25, 0.3) is 9.70 Å². The minimum atomic E-state index is -2.44. The largest absolute Gasteiger partial charge is 0.459 e. The second kappa shape index (κ2) is 20.1. The minimum Gasteiger partial charge on any atom is -0.459 e. The molecule has 7 rings (SSSR count). The molecule has 1 amide bonds. The lowest BCUT2D eigenvalue weighted by Gasteiger charge is -2.51. The number of alkyl halides is 3. The second-order valence-electron chi connectivity index (χ2n) is 14.1. The van der Waals surface area contributed by atoms with Crippen molar-refractivity contribution in [2.24, 2.45) is 0 Å². The number of rotatable bonds is 13. The fourth-order valence-corrected chi connectivity index (χ4v) is 7.21. The predicted octanol–water partition coefficient (Wildman–Crippen LogP) is 5.35. The molecular weight excluding hydrogens is 845 g/mol. The van der Waals surface area contributed by atoms with E-state index < -0.39 is 89.3 Å². The van der Waals surface area contributed by atoms with E-state index >= 15 is 0 Å². The maximum atomic E-state index is 13.9. The summed E-state index contributed by atoms with van der Waals surface area (Å²) < 4.78 is 53.2. The van der Waals surface area contributed by atoms with Crippen LogP contribution in [-0.2, 0) is 65.4 Å². The van der Waals surface area contributed by atoms with Crippen molar-refractivity contribution in [1.29, 1.82) is 0 Å². The van der Waals surface area contributed by atoms with Crippen molar-refractivity contribution in [3.63, 3.8) is 0 Å². The predicted molar refractivity (Wildman–Crippen MR) is 214 cm³/mol. The van der Waals surface area contributed by atoms with E-state index in [2.05, 4.69) is 5.32 Å². The highest BCUT2D eigenvalue weighted by Gasteiger charge is 2.57. The van der Waals surface area contributed by atoms with Crippen molar-refractivity contribution >= 4 is 52.6 Å². The van der Waals surface area contributed by atoms with Crippen molar-refractivity contribution in [3.8, 4) is 0 Å². The number of carbonyl (C=O) groups excluding carboxylic acids is 3. The van der Waals surface area contributed by atoms with Gasteiger partial charge in [0, 0.05) is 12.7 Å². The first-order valence-electron chi connectivity index (χ1n) is 19.0. The fourth-order valence-electron chi connectivity index (χ4n) is 7.04. The van der Waals surface area contributed by atoms with Gasteiger partial charge in [0.05, 0.1) is 18.8 Å². The minimum absolute atomic E-state index is 0.0248. The van der Waals surface area contributed by atoms with Crippen LogP contribution in [0.1, 0.15) is 33.3 Å². The number of carbonyl (C=O) groups is 3. The number of aliphatic hydroxyl groups excluding tert-OH is 1. The third kappa shape index (κ3) is 10.6. The van der Waals surface area contributed by atoms with Crippen molar-refractivity contribution in [2.45, 2.75) is 84.6 Å². The van der Waals surface area contributed by atoms with E-state index in [1.54, 1.807) is 78.9 Å². The Morgan fingerprint density at radius 3 is 1.97 bits per heavy atom. The van der Waals surface area contributed by atoms with Gasteiger partial charge >= 0.3 is 11.9 Å².